The first-order chi connectivity index (χ1) is 11.7. The molecule has 4 nitrogen and oxygen atoms in total. The van der Waals surface area contributed by atoms with E-state index in [-0.39, 0.29) is 0 Å². The number of aryl methyl sites for hydroxylation is 2. The van der Waals surface area contributed by atoms with Crippen molar-refractivity contribution >= 4 is 22.5 Å². The Bertz CT molecular complexity index is 844. The van der Waals surface area contributed by atoms with Gasteiger partial charge in [0.15, 0.2) is 5.96 Å². The summed E-state index contributed by atoms with van der Waals surface area (Å²) >= 11 is 0. The molecule has 0 atom stereocenters. The van der Waals surface area contributed by atoms with Gasteiger partial charge in [0.1, 0.15) is 0 Å². The Balaban J connectivity index is 1.62. The molecule has 1 aromatic heterocycles. The molecule has 0 spiro atoms. The monoisotopic (exact) mass is 320 g/mol. The molecule has 0 aliphatic rings. The lowest BCUT2D eigenvalue weighted by Crippen LogP contribution is -2.23. The van der Waals surface area contributed by atoms with Crippen LogP contribution in [-0.4, -0.2) is 17.5 Å². The molecule has 0 bridgehead atoms. The number of guanidine groups is 1. The standard InChI is InChI=1S/C20H24N4/c1-3-15-7-9-17(10-8-15)24-20(21)22-12-11-16-13-23-18-6-4-5-14(2)19(16)18/h4-10,13,23H,3,11-12H2,1-2H3,(H3,21,22,24). The minimum Gasteiger partial charge on any atom is -0.370 e. The molecule has 0 aliphatic carbocycles. The predicted octanol–water partition coefficient (Wildman–Crippen LogP) is 4.01. The van der Waals surface area contributed by atoms with Gasteiger partial charge >= 0.3 is 0 Å². The molecule has 4 heteroatoms. The molecule has 0 amide bonds. The van der Waals surface area contributed by atoms with Gasteiger partial charge in [-0.15, -0.1) is 0 Å². The third kappa shape index (κ3) is 3.59. The van der Waals surface area contributed by atoms with Crippen LogP contribution in [0, 0.1) is 6.92 Å². The molecule has 3 rings (SSSR count). The summed E-state index contributed by atoms with van der Waals surface area (Å²) in [7, 11) is 0. The number of fused-ring (bicyclic) bond motifs is 1. The predicted molar refractivity (Wildman–Crippen MR) is 103 cm³/mol. The Morgan fingerprint density at radius 2 is 1.96 bits per heavy atom. The number of nitrogens with one attached hydrogen (secondary N) is 2. The van der Waals surface area contributed by atoms with E-state index in [0.717, 1.165) is 18.5 Å². The summed E-state index contributed by atoms with van der Waals surface area (Å²) in [6.45, 7) is 4.94. The van der Waals surface area contributed by atoms with E-state index in [1.807, 2.05) is 12.1 Å². The van der Waals surface area contributed by atoms with Crippen molar-refractivity contribution in [2.45, 2.75) is 26.7 Å². The van der Waals surface area contributed by atoms with Crippen molar-refractivity contribution in [3.05, 3.63) is 65.4 Å². The first-order valence-electron chi connectivity index (χ1n) is 8.39. The highest BCUT2D eigenvalue weighted by Gasteiger charge is 2.05. The fourth-order valence-corrected chi connectivity index (χ4v) is 2.96. The molecule has 3 aromatic rings. The van der Waals surface area contributed by atoms with Crippen molar-refractivity contribution in [2.24, 2.45) is 10.7 Å². The highest BCUT2D eigenvalue weighted by atomic mass is 15.1. The maximum atomic E-state index is 5.99. The summed E-state index contributed by atoms with van der Waals surface area (Å²) in [5.41, 5.74) is 12.0. The molecule has 0 aliphatic heterocycles. The number of benzene rings is 2. The molecular weight excluding hydrogens is 296 g/mol. The van der Waals surface area contributed by atoms with Gasteiger partial charge in [-0.2, -0.15) is 0 Å². The van der Waals surface area contributed by atoms with E-state index in [4.69, 9.17) is 5.73 Å². The Morgan fingerprint density at radius 3 is 2.71 bits per heavy atom. The minimum absolute atomic E-state index is 0.454. The summed E-state index contributed by atoms with van der Waals surface area (Å²) < 4.78 is 0. The van der Waals surface area contributed by atoms with Crippen LogP contribution in [-0.2, 0) is 12.8 Å². The number of aromatic amines is 1. The number of nitrogens with zero attached hydrogens (tertiary/aromatic N) is 1. The van der Waals surface area contributed by atoms with Crippen LogP contribution in [0.4, 0.5) is 5.69 Å². The Hall–Kier alpha value is -2.75. The van der Waals surface area contributed by atoms with E-state index in [2.05, 4.69) is 65.7 Å². The van der Waals surface area contributed by atoms with Crippen molar-refractivity contribution in [1.82, 2.24) is 4.98 Å². The van der Waals surface area contributed by atoms with Gasteiger partial charge < -0.3 is 16.0 Å². The van der Waals surface area contributed by atoms with E-state index in [1.54, 1.807) is 0 Å². The molecule has 0 unspecified atom stereocenters. The zero-order valence-electron chi connectivity index (χ0n) is 14.3. The van der Waals surface area contributed by atoms with E-state index in [0.29, 0.717) is 12.5 Å². The van der Waals surface area contributed by atoms with Gasteiger partial charge in [-0.3, -0.25) is 4.99 Å². The van der Waals surface area contributed by atoms with Gasteiger partial charge in [-0.25, -0.2) is 0 Å². The second-order valence-corrected chi connectivity index (χ2v) is 6.00. The zero-order chi connectivity index (χ0) is 16.9. The molecule has 0 fully saturated rings. The topological polar surface area (TPSA) is 66.2 Å². The van der Waals surface area contributed by atoms with E-state index < -0.39 is 0 Å². The normalized spacial score (nSPS) is 11.8. The average Bonchev–Trinajstić information content (AvgIpc) is 3.00. The number of hydrogen-bond acceptors (Lipinski definition) is 1. The molecule has 0 radical (unpaired) electrons. The lowest BCUT2D eigenvalue weighted by Gasteiger charge is -2.06. The van der Waals surface area contributed by atoms with Crippen LogP contribution in [0.5, 0.6) is 0 Å². The molecule has 0 saturated heterocycles. The molecular formula is C20H24N4. The smallest absolute Gasteiger partial charge is 0.193 e. The number of aromatic nitrogens is 1. The van der Waals surface area contributed by atoms with Gasteiger partial charge in [0.2, 0.25) is 0 Å². The number of hydrogen-bond donors (Lipinski definition) is 3. The van der Waals surface area contributed by atoms with Gasteiger partial charge in [-0.1, -0.05) is 31.2 Å². The first-order valence-corrected chi connectivity index (χ1v) is 8.39. The Kier molecular flexibility index (Phi) is 4.85. The van der Waals surface area contributed by atoms with Crippen LogP contribution in [0.2, 0.25) is 0 Å². The SMILES string of the molecule is CCc1ccc(NC(N)=NCCc2c[nH]c3cccc(C)c23)cc1. The summed E-state index contributed by atoms with van der Waals surface area (Å²) in [4.78, 5) is 7.77. The zero-order valence-corrected chi connectivity index (χ0v) is 14.3. The van der Waals surface area contributed by atoms with Crippen LogP contribution in [0.1, 0.15) is 23.6 Å². The first kappa shape index (κ1) is 16.1. The van der Waals surface area contributed by atoms with Crippen molar-refractivity contribution in [3.63, 3.8) is 0 Å². The lowest BCUT2D eigenvalue weighted by molar-refractivity contribution is 0.971. The van der Waals surface area contributed by atoms with Crippen molar-refractivity contribution < 1.29 is 0 Å². The third-order valence-corrected chi connectivity index (χ3v) is 4.29. The largest absolute Gasteiger partial charge is 0.370 e. The molecule has 2 aromatic carbocycles. The highest BCUT2D eigenvalue weighted by molar-refractivity contribution is 5.92. The van der Waals surface area contributed by atoms with Crippen LogP contribution in [0.15, 0.2) is 53.7 Å². The van der Waals surface area contributed by atoms with Gasteiger partial charge in [-0.05, 0) is 54.7 Å². The van der Waals surface area contributed by atoms with E-state index >= 15 is 0 Å². The van der Waals surface area contributed by atoms with E-state index in [9.17, 15) is 0 Å². The van der Waals surface area contributed by atoms with Crippen LogP contribution >= 0.6 is 0 Å². The summed E-state index contributed by atoms with van der Waals surface area (Å²) in [5, 5.41) is 4.44. The third-order valence-electron chi connectivity index (χ3n) is 4.29. The highest BCUT2D eigenvalue weighted by Crippen LogP contribution is 2.22. The number of aliphatic imine (C=N–C) groups is 1. The number of rotatable bonds is 5. The summed E-state index contributed by atoms with van der Waals surface area (Å²) in [6, 6.07) is 14.6. The van der Waals surface area contributed by atoms with Crippen LogP contribution in [0.25, 0.3) is 10.9 Å². The van der Waals surface area contributed by atoms with Crippen molar-refractivity contribution in [1.29, 1.82) is 0 Å². The van der Waals surface area contributed by atoms with Crippen LogP contribution in [0.3, 0.4) is 0 Å². The molecule has 0 saturated carbocycles. The maximum Gasteiger partial charge on any atom is 0.193 e. The summed E-state index contributed by atoms with van der Waals surface area (Å²) in [5.74, 6) is 0.454. The second kappa shape index (κ2) is 7.21. The molecule has 24 heavy (non-hydrogen) atoms. The van der Waals surface area contributed by atoms with Crippen molar-refractivity contribution in [2.75, 3.05) is 11.9 Å². The lowest BCUT2D eigenvalue weighted by atomic mass is 10.1. The Labute approximate surface area is 142 Å². The second-order valence-electron chi connectivity index (χ2n) is 6.00. The average molecular weight is 320 g/mol. The maximum absolute atomic E-state index is 5.99. The summed E-state index contributed by atoms with van der Waals surface area (Å²) in [6.07, 6.45) is 3.97. The van der Waals surface area contributed by atoms with Gasteiger partial charge in [0, 0.05) is 29.3 Å². The molecule has 1 heterocycles. The van der Waals surface area contributed by atoms with Gasteiger partial charge in [0.05, 0.1) is 0 Å². The fourth-order valence-electron chi connectivity index (χ4n) is 2.96. The van der Waals surface area contributed by atoms with Crippen LogP contribution < -0.4 is 11.1 Å². The Morgan fingerprint density at radius 1 is 1.17 bits per heavy atom. The van der Waals surface area contributed by atoms with Gasteiger partial charge in [0.25, 0.3) is 0 Å². The minimum atomic E-state index is 0.454. The molecule has 4 N–H and O–H groups in total. The molecule has 124 valence electrons. The number of nitrogens with two attached hydrogens (primary N) is 1. The van der Waals surface area contributed by atoms with E-state index in [1.165, 1.54) is 27.6 Å². The van der Waals surface area contributed by atoms with Crippen molar-refractivity contribution in [3.8, 4) is 0 Å². The number of anilines is 1. The number of H-pyrrole nitrogens is 1. The fraction of sp³-hybridized carbons (Fsp3) is 0.250. The quantitative estimate of drug-likeness (QED) is 0.491.